The molecule has 1 aromatic heterocycles. The Hall–Kier alpha value is -1.69. The first-order chi connectivity index (χ1) is 9.22. The fraction of sp³-hybridized carbons (Fsp3) is 0.615. The second-order valence-electron chi connectivity index (χ2n) is 4.58. The van der Waals surface area contributed by atoms with Crippen molar-refractivity contribution in [1.82, 2.24) is 14.9 Å². The van der Waals surface area contributed by atoms with Gasteiger partial charge in [-0.15, -0.1) is 0 Å². The topological polar surface area (TPSA) is 67.4 Å². The molecule has 2 rings (SSSR count). The van der Waals surface area contributed by atoms with Crippen molar-refractivity contribution >= 4 is 11.7 Å². The average molecular weight is 264 g/mol. The molecule has 1 aliphatic heterocycles. The molecule has 1 N–H and O–H groups in total. The monoisotopic (exact) mass is 264 g/mol. The molecule has 0 unspecified atom stereocenters. The zero-order chi connectivity index (χ0) is 13.7. The molecule has 0 spiro atoms. The van der Waals surface area contributed by atoms with Crippen LogP contribution in [0.2, 0.25) is 0 Å². The normalized spacial score (nSPS) is 16.1. The third-order valence-corrected chi connectivity index (χ3v) is 3.29. The van der Waals surface area contributed by atoms with Crippen molar-refractivity contribution in [2.45, 2.75) is 25.8 Å². The minimum absolute atomic E-state index is 0.0811. The average Bonchev–Trinajstić information content (AvgIpc) is 2.48. The van der Waals surface area contributed by atoms with Crippen molar-refractivity contribution in [2.24, 2.45) is 0 Å². The van der Waals surface area contributed by atoms with Crippen LogP contribution in [-0.4, -0.2) is 53.6 Å². The second kappa shape index (κ2) is 6.47. The summed E-state index contributed by atoms with van der Waals surface area (Å²) < 4.78 is 5.30. The van der Waals surface area contributed by atoms with Crippen molar-refractivity contribution in [3.05, 3.63) is 18.1 Å². The van der Waals surface area contributed by atoms with Crippen LogP contribution in [0.15, 0.2) is 12.4 Å². The summed E-state index contributed by atoms with van der Waals surface area (Å²) in [6.07, 6.45) is 4.88. The number of carbonyl (C=O) groups excluding carboxylic acids is 1. The number of aromatic nitrogens is 2. The van der Waals surface area contributed by atoms with Gasteiger partial charge >= 0.3 is 0 Å². The molecule has 0 bridgehead atoms. The van der Waals surface area contributed by atoms with Crippen LogP contribution >= 0.6 is 0 Å². The summed E-state index contributed by atoms with van der Waals surface area (Å²) in [5.41, 5.74) is 0.385. The standard InChI is InChI=1S/C13H20N4O2/c1-3-14-12-9-15-11(8-16-12)13(18)17(2)10-4-6-19-7-5-10/h8-10H,3-7H2,1-2H3,(H,14,16). The molecule has 19 heavy (non-hydrogen) atoms. The molecule has 1 fully saturated rings. The summed E-state index contributed by atoms with van der Waals surface area (Å²) >= 11 is 0. The maximum Gasteiger partial charge on any atom is 0.274 e. The molecule has 1 aliphatic rings. The van der Waals surface area contributed by atoms with Gasteiger partial charge in [0.05, 0.1) is 12.4 Å². The summed E-state index contributed by atoms with van der Waals surface area (Å²) in [5.74, 6) is 0.607. The fourth-order valence-corrected chi connectivity index (χ4v) is 2.13. The third kappa shape index (κ3) is 3.41. The predicted molar refractivity (Wildman–Crippen MR) is 72.1 cm³/mol. The van der Waals surface area contributed by atoms with Gasteiger partial charge in [-0.2, -0.15) is 0 Å². The lowest BCUT2D eigenvalue weighted by Gasteiger charge is -2.30. The third-order valence-electron chi connectivity index (χ3n) is 3.29. The molecule has 0 aromatic carbocycles. The zero-order valence-electron chi connectivity index (χ0n) is 11.4. The first kappa shape index (κ1) is 13.7. The molecular formula is C13H20N4O2. The number of anilines is 1. The molecule has 6 heteroatoms. The van der Waals surface area contributed by atoms with Crippen LogP contribution in [0.3, 0.4) is 0 Å². The molecule has 104 valence electrons. The SMILES string of the molecule is CCNc1cnc(C(=O)N(C)C2CCOCC2)cn1. The largest absolute Gasteiger partial charge is 0.381 e. The molecule has 1 aromatic rings. The van der Waals surface area contributed by atoms with E-state index < -0.39 is 0 Å². The van der Waals surface area contributed by atoms with E-state index in [0.29, 0.717) is 24.7 Å². The van der Waals surface area contributed by atoms with E-state index in [1.54, 1.807) is 11.1 Å². The Bertz CT molecular complexity index is 415. The van der Waals surface area contributed by atoms with E-state index in [1.807, 2.05) is 14.0 Å². The smallest absolute Gasteiger partial charge is 0.274 e. The quantitative estimate of drug-likeness (QED) is 0.884. The number of hydrogen-bond acceptors (Lipinski definition) is 5. The Morgan fingerprint density at radius 1 is 1.42 bits per heavy atom. The fourth-order valence-electron chi connectivity index (χ4n) is 2.13. The van der Waals surface area contributed by atoms with E-state index in [1.165, 1.54) is 6.20 Å². The minimum Gasteiger partial charge on any atom is -0.381 e. The molecule has 1 saturated heterocycles. The van der Waals surface area contributed by atoms with E-state index in [0.717, 1.165) is 19.4 Å². The van der Waals surface area contributed by atoms with Gasteiger partial charge in [0, 0.05) is 32.8 Å². The van der Waals surface area contributed by atoms with Gasteiger partial charge in [0.2, 0.25) is 0 Å². The highest BCUT2D eigenvalue weighted by Crippen LogP contribution is 2.15. The highest BCUT2D eigenvalue weighted by atomic mass is 16.5. The number of ether oxygens (including phenoxy) is 1. The Labute approximate surface area is 113 Å². The zero-order valence-corrected chi connectivity index (χ0v) is 11.4. The van der Waals surface area contributed by atoms with Gasteiger partial charge in [-0.25, -0.2) is 9.97 Å². The molecule has 1 amide bonds. The maximum atomic E-state index is 12.3. The van der Waals surface area contributed by atoms with Crippen molar-refractivity contribution in [3.63, 3.8) is 0 Å². The Morgan fingerprint density at radius 3 is 2.74 bits per heavy atom. The number of amides is 1. The molecule has 0 atom stereocenters. The first-order valence-corrected chi connectivity index (χ1v) is 6.63. The van der Waals surface area contributed by atoms with E-state index >= 15 is 0 Å². The van der Waals surface area contributed by atoms with Crippen LogP contribution < -0.4 is 5.32 Å². The Morgan fingerprint density at radius 2 is 2.16 bits per heavy atom. The Kier molecular flexibility index (Phi) is 4.68. The molecule has 0 saturated carbocycles. The van der Waals surface area contributed by atoms with Crippen molar-refractivity contribution < 1.29 is 9.53 Å². The van der Waals surface area contributed by atoms with Crippen molar-refractivity contribution in [1.29, 1.82) is 0 Å². The minimum atomic E-state index is -0.0811. The molecule has 6 nitrogen and oxygen atoms in total. The van der Waals surface area contributed by atoms with Crippen LogP contribution in [0.1, 0.15) is 30.3 Å². The second-order valence-corrected chi connectivity index (χ2v) is 4.58. The van der Waals surface area contributed by atoms with Crippen LogP contribution in [0, 0.1) is 0 Å². The number of nitrogens with one attached hydrogen (secondary N) is 1. The van der Waals surface area contributed by atoms with Crippen molar-refractivity contribution in [3.8, 4) is 0 Å². The van der Waals surface area contributed by atoms with Crippen LogP contribution in [0.5, 0.6) is 0 Å². The van der Waals surface area contributed by atoms with E-state index in [-0.39, 0.29) is 11.9 Å². The summed E-state index contributed by atoms with van der Waals surface area (Å²) in [4.78, 5) is 22.4. The van der Waals surface area contributed by atoms with Gasteiger partial charge < -0.3 is 15.0 Å². The van der Waals surface area contributed by atoms with Gasteiger partial charge in [0.25, 0.3) is 5.91 Å². The number of carbonyl (C=O) groups is 1. The van der Waals surface area contributed by atoms with E-state index in [9.17, 15) is 4.79 Å². The molecule has 0 radical (unpaired) electrons. The predicted octanol–water partition coefficient (Wildman–Crippen LogP) is 1.16. The van der Waals surface area contributed by atoms with Gasteiger partial charge in [-0.05, 0) is 19.8 Å². The number of hydrogen-bond donors (Lipinski definition) is 1. The van der Waals surface area contributed by atoms with Crippen molar-refractivity contribution in [2.75, 3.05) is 32.1 Å². The summed E-state index contributed by atoms with van der Waals surface area (Å²) in [7, 11) is 1.82. The van der Waals surface area contributed by atoms with E-state index in [4.69, 9.17) is 4.74 Å². The van der Waals surface area contributed by atoms with Crippen LogP contribution in [0.25, 0.3) is 0 Å². The van der Waals surface area contributed by atoms with Crippen LogP contribution in [0.4, 0.5) is 5.82 Å². The van der Waals surface area contributed by atoms with E-state index in [2.05, 4.69) is 15.3 Å². The molecular weight excluding hydrogens is 244 g/mol. The highest BCUT2D eigenvalue weighted by Gasteiger charge is 2.24. The van der Waals surface area contributed by atoms with Gasteiger partial charge in [-0.1, -0.05) is 0 Å². The molecule has 0 aliphatic carbocycles. The highest BCUT2D eigenvalue weighted by molar-refractivity contribution is 5.92. The van der Waals surface area contributed by atoms with Gasteiger partial charge in [0.15, 0.2) is 0 Å². The lowest BCUT2D eigenvalue weighted by molar-refractivity contribution is 0.0358. The summed E-state index contributed by atoms with van der Waals surface area (Å²) in [6.45, 7) is 4.20. The van der Waals surface area contributed by atoms with Crippen LogP contribution in [-0.2, 0) is 4.74 Å². The Balaban J connectivity index is 2.01. The lowest BCUT2D eigenvalue weighted by atomic mass is 10.1. The number of rotatable bonds is 4. The first-order valence-electron chi connectivity index (χ1n) is 6.63. The maximum absolute atomic E-state index is 12.3. The van der Waals surface area contributed by atoms with Gasteiger partial charge in [-0.3, -0.25) is 4.79 Å². The van der Waals surface area contributed by atoms with Gasteiger partial charge in [0.1, 0.15) is 11.5 Å². The lowest BCUT2D eigenvalue weighted by Crippen LogP contribution is -2.41. The summed E-state index contributed by atoms with van der Waals surface area (Å²) in [6, 6.07) is 0.233. The molecule has 2 heterocycles. The number of nitrogens with zero attached hydrogens (tertiary/aromatic N) is 3. The summed E-state index contributed by atoms with van der Waals surface area (Å²) in [5, 5.41) is 3.05.